The van der Waals surface area contributed by atoms with Crippen LogP contribution in [0.5, 0.6) is 0 Å². The number of nitrogens with zero attached hydrogens (tertiary/aromatic N) is 4. The van der Waals surface area contributed by atoms with Gasteiger partial charge in [-0.2, -0.15) is 0 Å². The molecule has 0 aromatic carbocycles. The molecule has 1 unspecified atom stereocenters. The summed E-state index contributed by atoms with van der Waals surface area (Å²) >= 11 is 2.11. The normalized spacial score (nSPS) is 11.8. The van der Waals surface area contributed by atoms with Crippen molar-refractivity contribution < 1.29 is 33.6 Å². The van der Waals surface area contributed by atoms with Gasteiger partial charge in [-0.25, -0.2) is 0 Å². The van der Waals surface area contributed by atoms with Crippen molar-refractivity contribution in [2.45, 2.75) is 110 Å². The minimum absolute atomic E-state index is 0.0483. The fourth-order valence-corrected chi connectivity index (χ4v) is 5.88. The maximum absolute atomic E-state index is 13.2. The smallest absolute Gasteiger partial charge is 0.242 e. The highest BCUT2D eigenvalue weighted by atomic mass is 32.2. The van der Waals surface area contributed by atoms with Gasteiger partial charge in [-0.3, -0.25) is 33.6 Å². The summed E-state index contributed by atoms with van der Waals surface area (Å²) < 4.78 is 0. The molecule has 15 nitrogen and oxygen atoms in total. The number of amides is 5. The van der Waals surface area contributed by atoms with E-state index in [-0.39, 0.29) is 72.0 Å². The Morgan fingerprint density at radius 1 is 0.776 bits per heavy atom. The number of unbranched alkanes of at least 4 members (excludes halogenated alkanes) is 4. The van der Waals surface area contributed by atoms with Crippen molar-refractivity contribution in [3.63, 3.8) is 0 Å². The molecule has 0 rings (SSSR count). The molecule has 5 N–H and O–H groups in total. The highest BCUT2D eigenvalue weighted by Gasteiger charge is 2.22. The van der Waals surface area contributed by atoms with E-state index in [2.05, 4.69) is 26.0 Å². The van der Waals surface area contributed by atoms with E-state index in [0.717, 1.165) is 36.4 Å². The highest BCUT2D eigenvalue weighted by Crippen LogP contribution is 2.15. The monoisotopic (exact) mass is 728 g/mol. The molecule has 0 saturated heterocycles. The number of carbonyl (C=O) groups is 7. The maximum Gasteiger partial charge on any atom is 0.242 e. The number of primary amides is 1. The average Bonchev–Trinajstić information content (AvgIpc) is 3.03. The van der Waals surface area contributed by atoms with Crippen LogP contribution in [0.15, 0.2) is 5.11 Å². The van der Waals surface area contributed by atoms with Crippen LogP contribution in [0.1, 0.15) is 104 Å². The molecule has 0 spiro atoms. The molecule has 0 heterocycles. The third-order valence-electron chi connectivity index (χ3n) is 7.46. The Hall–Kier alpha value is -3.30. The second-order valence-corrected chi connectivity index (χ2v) is 14.2. The summed E-state index contributed by atoms with van der Waals surface area (Å²) in [7, 11) is 0. The van der Waals surface area contributed by atoms with E-state index in [1.54, 1.807) is 4.90 Å². The molecule has 278 valence electrons. The number of hydrogen-bond acceptors (Lipinski definition) is 10. The number of hydrogen-bond donors (Lipinski definition) is 4. The summed E-state index contributed by atoms with van der Waals surface area (Å²) in [5.41, 5.74) is 14.1. The SMILES string of the molecule is CCCCC(CCN(CCNC(=O)[C@H](CCCCNC(=O)CCSC(C)=O)NC(=O)CCSC(C)=O)C(=O)CCCCCN=[N+]=[N-])C(N)=O. The standard InChI is InChI=1S/C32H56N8O7S2/c1-4-5-11-26(31(33)46)14-20-40(30(45)13-7-6-9-18-37-39-34)21-19-36-32(47)27(38-29(44)16-23-49-25(3)42)12-8-10-17-35-28(43)15-22-48-24(2)41/h26-27H,4-23H2,1-3H3,(H2,33,46)(H,35,43)(H,36,47)(H,38,44)/t26?,27-/m0/s1. The third kappa shape index (κ3) is 26.3. The van der Waals surface area contributed by atoms with Gasteiger partial charge in [0.2, 0.25) is 29.5 Å². The fraction of sp³-hybridized carbons (Fsp3) is 0.781. The van der Waals surface area contributed by atoms with Gasteiger partial charge in [-0.05, 0) is 50.5 Å². The van der Waals surface area contributed by atoms with Gasteiger partial charge in [0.15, 0.2) is 10.2 Å². The lowest BCUT2D eigenvalue weighted by Crippen LogP contribution is -2.49. The highest BCUT2D eigenvalue weighted by molar-refractivity contribution is 8.13. The van der Waals surface area contributed by atoms with Gasteiger partial charge in [0.1, 0.15) is 6.04 Å². The second-order valence-electron chi connectivity index (χ2n) is 11.6. The molecule has 2 atom stereocenters. The van der Waals surface area contributed by atoms with Crippen molar-refractivity contribution >= 4 is 63.3 Å². The molecular formula is C32H56N8O7S2. The molecule has 0 bridgehead atoms. The van der Waals surface area contributed by atoms with Crippen LogP contribution in [0.3, 0.4) is 0 Å². The first-order valence-corrected chi connectivity index (χ1v) is 19.1. The Labute approximate surface area is 298 Å². The average molecular weight is 729 g/mol. The van der Waals surface area contributed by atoms with Gasteiger partial charge in [0.25, 0.3) is 0 Å². The first kappa shape index (κ1) is 45.7. The summed E-state index contributed by atoms with van der Waals surface area (Å²) in [6, 6.07) is -0.856. The molecule has 0 aliphatic rings. The molecule has 49 heavy (non-hydrogen) atoms. The van der Waals surface area contributed by atoms with Crippen LogP contribution < -0.4 is 21.7 Å². The van der Waals surface area contributed by atoms with E-state index in [9.17, 15) is 33.6 Å². The molecule has 0 aliphatic carbocycles. The largest absolute Gasteiger partial charge is 0.369 e. The molecule has 5 amide bonds. The number of nitrogens with one attached hydrogen (secondary N) is 3. The van der Waals surface area contributed by atoms with E-state index in [4.69, 9.17) is 11.3 Å². The molecule has 0 saturated carbocycles. The van der Waals surface area contributed by atoms with Crippen LogP contribution in [0.2, 0.25) is 0 Å². The number of carbonyl (C=O) groups excluding carboxylic acids is 7. The summed E-state index contributed by atoms with van der Waals surface area (Å²) in [6.45, 7) is 6.26. The van der Waals surface area contributed by atoms with Gasteiger partial charge in [-0.15, -0.1) is 0 Å². The zero-order valence-electron chi connectivity index (χ0n) is 29.3. The van der Waals surface area contributed by atoms with Crippen molar-refractivity contribution in [2.24, 2.45) is 16.8 Å². The zero-order chi connectivity index (χ0) is 36.9. The van der Waals surface area contributed by atoms with Gasteiger partial charge in [0, 0.05) is 88.2 Å². The first-order valence-electron chi connectivity index (χ1n) is 17.1. The topological polar surface area (TPSA) is 234 Å². The third-order valence-corrected chi connectivity index (χ3v) is 9.09. The Morgan fingerprint density at radius 3 is 2.06 bits per heavy atom. The van der Waals surface area contributed by atoms with Gasteiger partial charge >= 0.3 is 0 Å². The Morgan fingerprint density at radius 2 is 1.45 bits per heavy atom. The summed E-state index contributed by atoms with van der Waals surface area (Å²) in [5, 5.41) is 11.7. The lowest BCUT2D eigenvalue weighted by atomic mass is 9.97. The van der Waals surface area contributed by atoms with Crippen LogP contribution >= 0.6 is 23.5 Å². The lowest BCUT2D eigenvalue weighted by molar-refractivity contribution is -0.133. The minimum atomic E-state index is -0.856. The van der Waals surface area contributed by atoms with Crippen LogP contribution in [-0.2, 0) is 33.6 Å². The Balaban J connectivity index is 5.27. The van der Waals surface area contributed by atoms with E-state index in [1.165, 1.54) is 13.8 Å². The zero-order valence-corrected chi connectivity index (χ0v) is 31.0. The lowest BCUT2D eigenvalue weighted by Gasteiger charge is -2.26. The number of thioether (sulfide) groups is 2. The van der Waals surface area contributed by atoms with E-state index in [0.29, 0.717) is 76.8 Å². The summed E-state index contributed by atoms with van der Waals surface area (Å²) in [5.74, 6) is -1.14. The molecule has 0 radical (unpaired) electrons. The number of rotatable bonds is 29. The van der Waals surface area contributed by atoms with E-state index >= 15 is 0 Å². The molecule has 17 heteroatoms. The van der Waals surface area contributed by atoms with E-state index < -0.39 is 17.9 Å². The van der Waals surface area contributed by atoms with Crippen LogP contribution in [0.4, 0.5) is 0 Å². The predicted octanol–water partition coefficient (Wildman–Crippen LogP) is 3.59. The van der Waals surface area contributed by atoms with Crippen molar-refractivity contribution in [3.8, 4) is 0 Å². The van der Waals surface area contributed by atoms with Crippen LogP contribution in [-0.4, -0.2) is 94.9 Å². The minimum Gasteiger partial charge on any atom is -0.369 e. The van der Waals surface area contributed by atoms with Gasteiger partial charge < -0.3 is 26.6 Å². The van der Waals surface area contributed by atoms with Crippen molar-refractivity contribution in [1.29, 1.82) is 0 Å². The number of nitrogens with two attached hydrogens (primary N) is 1. The molecular weight excluding hydrogens is 673 g/mol. The van der Waals surface area contributed by atoms with Crippen molar-refractivity contribution in [2.75, 3.05) is 44.2 Å². The molecule has 0 fully saturated rings. The van der Waals surface area contributed by atoms with Crippen molar-refractivity contribution in [3.05, 3.63) is 10.4 Å². The first-order chi connectivity index (χ1) is 23.4. The van der Waals surface area contributed by atoms with Crippen molar-refractivity contribution in [1.82, 2.24) is 20.9 Å². The van der Waals surface area contributed by atoms with Crippen LogP contribution in [0.25, 0.3) is 10.4 Å². The molecule has 0 aromatic heterocycles. The van der Waals surface area contributed by atoms with E-state index in [1.807, 2.05) is 6.92 Å². The predicted molar refractivity (Wildman–Crippen MR) is 193 cm³/mol. The van der Waals surface area contributed by atoms with Gasteiger partial charge in [-0.1, -0.05) is 54.8 Å². The molecule has 0 aliphatic heterocycles. The second kappa shape index (κ2) is 29.6. The van der Waals surface area contributed by atoms with Crippen LogP contribution in [0, 0.1) is 5.92 Å². The van der Waals surface area contributed by atoms with Gasteiger partial charge in [0.05, 0.1) is 0 Å². The quantitative estimate of drug-likeness (QED) is 0.0381. The summed E-state index contributed by atoms with van der Waals surface area (Å²) in [6.07, 6.45) is 6.75. The Bertz CT molecular complexity index is 1110. The number of azide groups is 1. The Kier molecular flexibility index (Phi) is 27.6. The fourth-order valence-electron chi connectivity index (χ4n) is 4.73. The summed E-state index contributed by atoms with van der Waals surface area (Å²) in [4.78, 5) is 89.6. The molecule has 0 aromatic rings. The maximum atomic E-state index is 13.2.